The molecule has 0 saturated carbocycles. The highest BCUT2D eigenvalue weighted by Gasteiger charge is 2.22. The van der Waals surface area contributed by atoms with Crippen LogP contribution < -0.4 is 14.8 Å². The Balaban J connectivity index is 1.74. The van der Waals surface area contributed by atoms with Crippen molar-refractivity contribution in [1.29, 1.82) is 0 Å². The molecule has 198 valence electrons. The molecule has 0 aliphatic carbocycles. The molecule has 1 N–H and O–H groups in total. The van der Waals surface area contributed by atoms with Crippen LogP contribution in [0.5, 0.6) is 11.5 Å². The molecular weight excluding hydrogens is 470 g/mol. The lowest BCUT2D eigenvalue weighted by molar-refractivity contribution is -0.132. The van der Waals surface area contributed by atoms with E-state index in [0.717, 1.165) is 24.2 Å². The molecule has 1 aromatic heterocycles. The number of urea groups is 1. The normalized spacial score (nSPS) is 10.6. The summed E-state index contributed by atoms with van der Waals surface area (Å²) in [5, 5.41) is 2.90. The smallest absolute Gasteiger partial charge is 0.322 e. The first kappa shape index (κ1) is 27.6. The van der Waals surface area contributed by atoms with Crippen LogP contribution >= 0.6 is 0 Å². The maximum absolute atomic E-state index is 13.5. The second kappa shape index (κ2) is 14.0. The maximum atomic E-state index is 13.5. The third kappa shape index (κ3) is 8.31. The van der Waals surface area contributed by atoms with E-state index in [1.54, 1.807) is 24.0 Å². The Labute approximate surface area is 219 Å². The lowest BCUT2D eigenvalue weighted by Crippen LogP contribution is -2.45. The fraction of sp³-hybridized carbons (Fsp3) is 0.379. The van der Waals surface area contributed by atoms with E-state index in [0.29, 0.717) is 49.0 Å². The van der Waals surface area contributed by atoms with Crippen LogP contribution in [0.1, 0.15) is 36.8 Å². The van der Waals surface area contributed by atoms with E-state index in [4.69, 9.17) is 13.9 Å². The largest absolute Gasteiger partial charge is 0.493 e. The molecular formula is C29H37N3O5. The molecule has 0 fully saturated rings. The maximum Gasteiger partial charge on any atom is 0.322 e. The summed E-state index contributed by atoms with van der Waals surface area (Å²) in [6.07, 6.45) is 2.33. The molecule has 0 atom stereocenters. The molecule has 3 rings (SSSR count). The molecule has 1 heterocycles. The zero-order valence-electron chi connectivity index (χ0n) is 22.2. The molecule has 0 aliphatic heterocycles. The number of amides is 3. The van der Waals surface area contributed by atoms with Crippen LogP contribution in [0.25, 0.3) is 0 Å². The lowest BCUT2D eigenvalue weighted by atomic mass is 10.1. The molecule has 3 amide bonds. The van der Waals surface area contributed by atoms with E-state index in [1.165, 1.54) is 0 Å². The number of ether oxygens (including phenoxy) is 2. The number of benzene rings is 2. The Morgan fingerprint density at radius 2 is 1.68 bits per heavy atom. The van der Waals surface area contributed by atoms with Gasteiger partial charge in [-0.2, -0.15) is 0 Å². The van der Waals surface area contributed by atoms with Gasteiger partial charge in [-0.05, 0) is 61.7 Å². The van der Waals surface area contributed by atoms with Crippen molar-refractivity contribution in [2.24, 2.45) is 0 Å². The van der Waals surface area contributed by atoms with Crippen molar-refractivity contribution in [3.05, 3.63) is 77.7 Å². The quantitative estimate of drug-likeness (QED) is 0.330. The van der Waals surface area contributed by atoms with Crippen molar-refractivity contribution < 1.29 is 23.5 Å². The summed E-state index contributed by atoms with van der Waals surface area (Å²) in [5.41, 5.74) is 1.70. The van der Waals surface area contributed by atoms with Crippen molar-refractivity contribution in [3.63, 3.8) is 0 Å². The Kier molecular flexibility index (Phi) is 10.4. The van der Waals surface area contributed by atoms with Gasteiger partial charge in [0.15, 0.2) is 11.5 Å². The van der Waals surface area contributed by atoms with Crippen LogP contribution in [0.3, 0.4) is 0 Å². The van der Waals surface area contributed by atoms with Gasteiger partial charge < -0.3 is 29.0 Å². The lowest BCUT2D eigenvalue weighted by Gasteiger charge is -2.27. The topological polar surface area (TPSA) is 84.2 Å². The number of nitrogens with one attached hydrogen (secondary N) is 1. The van der Waals surface area contributed by atoms with Crippen LogP contribution in [0.2, 0.25) is 0 Å². The second-order valence-corrected chi connectivity index (χ2v) is 8.84. The van der Waals surface area contributed by atoms with E-state index in [9.17, 15) is 9.59 Å². The van der Waals surface area contributed by atoms with E-state index < -0.39 is 0 Å². The predicted octanol–water partition coefficient (Wildman–Crippen LogP) is 5.51. The number of para-hydroxylation sites is 1. The minimum Gasteiger partial charge on any atom is -0.493 e. The molecule has 0 bridgehead atoms. The van der Waals surface area contributed by atoms with Gasteiger partial charge in [0.1, 0.15) is 18.1 Å². The van der Waals surface area contributed by atoms with Gasteiger partial charge in [0.05, 0.1) is 20.8 Å². The minimum atomic E-state index is -0.290. The zero-order chi connectivity index (χ0) is 26.6. The molecule has 0 aliphatic rings. The third-order valence-corrected chi connectivity index (χ3v) is 6.03. The number of hydrogen-bond acceptors (Lipinski definition) is 5. The number of carbonyl (C=O) groups excluding carboxylic acids is 2. The summed E-state index contributed by atoms with van der Waals surface area (Å²) in [5.74, 6) is 2.64. The number of unbranched alkanes of at least 4 members (excludes halogenated alkanes) is 1. The SMILES string of the molecule is CCCCN(CC(=O)N(CCc1ccc(OC)c(OC)c1)Cc1ccc(C)o1)C(=O)Nc1ccccc1. The summed E-state index contributed by atoms with van der Waals surface area (Å²) in [6.45, 7) is 5.18. The number of furan rings is 1. The van der Waals surface area contributed by atoms with Gasteiger partial charge >= 0.3 is 6.03 Å². The highest BCUT2D eigenvalue weighted by atomic mass is 16.5. The number of nitrogens with zero attached hydrogens (tertiary/aromatic N) is 2. The van der Waals surface area contributed by atoms with Crippen molar-refractivity contribution in [3.8, 4) is 11.5 Å². The van der Waals surface area contributed by atoms with Gasteiger partial charge in [-0.1, -0.05) is 37.6 Å². The van der Waals surface area contributed by atoms with Crippen LogP contribution in [-0.4, -0.2) is 55.6 Å². The molecule has 8 heteroatoms. The molecule has 0 spiro atoms. The summed E-state index contributed by atoms with van der Waals surface area (Å²) in [4.78, 5) is 29.9. The van der Waals surface area contributed by atoms with Crippen LogP contribution in [0, 0.1) is 6.92 Å². The van der Waals surface area contributed by atoms with Crippen molar-refractivity contribution in [2.75, 3.05) is 39.2 Å². The van der Waals surface area contributed by atoms with Crippen molar-refractivity contribution in [2.45, 2.75) is 39.7 Å². The number of rotatable bonds is 13. The second-order valence-electron chi connectivity index (χ2n) is 8.84. The first-order valence-electron chi connectivity index (χ1n) is 12.6. The van der Waals surface area contributed by atoms with E-state index in [-0.39, 0.29) is 18.5 Å². The first-order chi connectivity index (χ1) is 17.9. The number of hydrogen-bond donors (Lipinski definition) is 1. The van der Waals surface area contributed by atoms with Crippen molar-refractivity contribution >= 4 is 17.6 Å². The van der Waals surface area contributed by atoms with Gasteiger partial charge in [0, 0.05) is 18.8 Å². The monoisotopic (exact) mass is 507 g/mol. The predicted molar refractivity (Wildman–Crippen MR) is 144 cm³/mol. The van der Waals surface area contributed by atoms with Crippen molar-refractivity contribution in [1.82, 2.24) is 9.80 Å². The molecule has 8 nitrogen and oxygen atoms in total. The molecule has 37 heavy (non-hydrogen) atoms. The fourth-order valence-corrected chi connectivity index (χ4v) is 3.94. The third-order valence-electron chi connectivity index (χ3n) is 6.03. The molecule has 0 saturated heterocycles. The van der Waals surface area contributed by atoms with E-state index in [1.807, 2.05) is 67.6 Å². The number of carbonyl (C=O) groups is 2. The Hall–Kier alpha value is -3.94. The Morgan fingerprint density at radius 1 is 0.919 bits per heavy atom. The Morgan fingerprint density at radius 3 is 2.32 bits per heavy atom. The molecule has 0 unspecified atom stereocenters. The highest BCUT2D eigenvalue weighted by Crippen LogP contribution is 2.28. The van der Waals surface area contributed by atoms with E-state index in [2.05, 4.69) is 12.2 Å². The molecule has 2 aromatic carbocycles. The average Bonchev–Trinajstić information content (AvgIpc) is 3.33. The summed E-state index contributed by atoms with van der Waals surface area (Å²) >= 11 is 0. The molecule has 0 radical (unpaired) electrons. The number of aryl methyl sites for hydroxylation is 1. The Bertz CT molecular complexity index is 1150. The van der Waals surface area contributed by atoms with Crippen LogP contribution in [-0.2, 0) is 17.8 Å². The van der Waals surface area contributed by atoms with Gasteiger partial charge in [-0.15, -0.1) is 0 Å². The van der Waals surface area contributed by atoms with Crippen LogP contribution in [0.15, 0.2) is 65.1 Å². The summed E-state index contributed by atoms with van der Waals surface area (Å²) in [6, 6.07) is 18.5. The first-order valence-corrected chi connectivity index (χ1v) is 12.6. The standard InChI is InChI=1S/C29H37N3O5/c1-5-6-17-32(29(34)30-24-10-8-7-9-11-24)21-28(33)31(20-25-14-12-22(2)37-25)18-16-23-13-15-26(35-3)27(19-23)36-4/h7-15,19H,5-6,16-18,20-21H2,1-4H3,(H,30,34). The van der Waals surface area contributed by atoms with Crippen LogP contribution in [0.4, 0.5) is 10.5 Å². The number of anilines is 1. The summed E-state index contributed by atoms with van der Waals surface area (Å²) < 4.78 is 16.5. The number of methoxy groups -OCH3 is 2. The highest BCUT2D eigenvalue weighted by molar-refractivity contribution is 5.92. The van der Waals surface area contributed by atoms with Gasteiger partial charge in [0.2, 0.25) is 5.91 Å². The average molecular weight is 508 g/mol. The fourth-order valence-electron chi connectivity index (χ4n) is 3.94. The minimum absolute atomic E-state index is 0.0235. The van der Waals surface area contributed by atoms with Gasteiger partial charge in [-0.25, -0.2) is 4.79 Å². The molecule has 3 aromatic rings. The van der Waals surface area contributed by atoms with Gasteiger partial charge in [-0.3, -0.25) is 4.79 Å². The van der Waals surface area contributed by atoms with E-state index >= 15 is 0 Å². The van der Waals surface area contributed by atoms with Gasteiger partial charge in [0.25, 0.3) is 0 Å². The summed E-state index contributed by atoms with van der Waals surface area (Å²) in [7, 11) is 3.20. The zero-order valence-corrected chi connectivity index (χ0v) is 22.2.